The molecule has 2 atom stereocenters. The van der Waals surface area contributed by atoms with Crippen molar-refractivity contribution in [3.05, 3.63) is 0 Å². The number of nitrogens with two attached hydrogens (primary N) is 1. The second kappa shape index (κ2) is 7.60. The van der Waals surface area contributed by atoms with E-state index in [1.807, 2.05) is 0 Å². The van der Waals surface area contributed by atoms with Gasteiger partial charge in [0.05, 0.1) is 8.07 Å². The Labute approximate surface area is 139 Å². The van der Waals surface area contributed by atoms with Gasteiger partial charge in [0.25, 0.3) is 0 Å². The fraction of sp³-hybridized carbons (Fsp3) is 0.938. The zero-order chi connectivity index (χ0) is 17.8. The molecule has 2 unspecified atom stereocenters. The standard InChI is InChI=1S/C16H38N2O2Si2/c1-10-15(4,12-18-14(3)19)22(8,9)20-16(5,11-2)21(6,7)13-17/h10-13,17H2,1-9H3,(H,18,19). The lowest BCUT2D eigenvalue weighted by Crippen LogP contribution is -2.64. The first-order chi connectivity index (χ1) is 9.81. The van der Waals surface area contributed by atoms with Crippen molar-refractivity contribution < 1.29 is 9.22 Å². The molecule has 1 amide bonds. The van der Waals surface area contributed by atoms with E-state index in [9.17, 15) is 4.79 Å². The summed E-state index contributed by atoms with van der Waals surface area (Å²) in [6.07, 6.45) is 2.72. The zero-order valence-electron chi connectivity index (χ0n) is 16.2. The Morgan fingerprint density at radius 3 is 1.95 bits per heavy atom. The molecule has 4 nitrogen and oxygen atoms in total. The lowest BCUT2D eigenvalue weighted by atomic mass is 10.1. The van der Waals surface area contributed by atoms with E-state index in [4.69, 9.17) is 10.2 Å². The number of rotatable bonds is 9. The molecule has 22 heavy (non-hydrogen) atoms. The quantitative estimate of drug-likeness (QED) is 0.629. The van der Waals surface area contributed by atoms with E-state index in [0.717, 1.165) is 19.0 Å². The van der Waals surface area contributed by atoms with Gasteiger partial charge < -0.3 is 15.5 Å². The summed E-state index contributed by atoms with van der Waals surface area (Å²) < 4.78 is 6.89. The molecule has 0 spiro atoms. The van der Waals surface area contributed by atoms with Crippen LogP contribution < -0.4 is 11.1 Å². The van der Waals surface area contributed by atoms with Crippen molar-refractivity contribution in [1.29, 1.82) is 0 Å². The molecule has 0 radical (unpaired) electrons. The maximum absolute atomic E-state index is 11.3. The van der Waals surface area contributed by atoms with Crippen LogP contribution in [0, 0.1) is 0 Å². The maximum Gasteiger partial charge on any atom is 0.216 e. The Morgan fingerprint density at radius 1 is 1.14 bits per heavy atom. The molecule has 0 aromatic heterocycles. The van der Waals surface area contributed by atoms with E-state index in [1.54, 1.807) is 6.92 Å². The first-order valence-corrected chi connectivity index (χ1v) is 14.6. The van der Waals surface area contributed by atoms with Crippen molar-refractivity contribution in [2.45, 2.75) is 83.9 Å². The third-order valence-electron chi connectivity index (χ3n) is 6.06. The van der Waals surface area contributed by atoms with Gasteiger partial charge in [0.1, 0.15) is 0 Å². The van der Waals surface area contributed by atoms with Gasteiger partial charge in [-0.05, 0) is 39.0 Å². The van der Waals surface area contributed by atoms with Crippen molar-refractivity contribution in [2.24, 2.45) is 5.73 Å². The molecule has 0 aromatic rings. The van der Waals surface area contributed by atoms with Crippen LogP contribution >= 0.6 is 0 Å². The van der Waals surface area contributed by atoms with Crippen LogP contribution in [-0.2, 0) is 9.22 Å². The van der Waals surface area contributed by atoms with Gasteiger partial charge in [-0.1, -0.05) is 33.9 Å². The fourth-order valence-electron chi connectivity index (χ4n) is 2.67. The molecule has 0 saturated carbocycles. The highest BCUT2D eigenvalue weighted by Crippen LogP contribution is 2.45. The second-order valence-corrected chi connectivity index (χ2v) is 17.8. The predicted molar refractivity (Wildman–Crippen MR) is 101 cm³/mol. The van der Waals surface area contributed by atoms with Crippen molar-refractivity contribution in [2.75, 3.05) is 12.7 Å². The van der Waals surface area contributed by atoms with Gasteiger partial charge in [-0.15, -0.1) is 0 Å². The van der Waals surface area contributed by atoms with Gasteiger partial charge in [-0.25, -0.2) is 0 Å². The van der Waals surface area contributed by atoms with Crippen LogP contribution in [0.25, 0.3) is 0 Å². The van der Waals surface area contributed by atoms with Crippen molar-refractivity contribution in [3.63, 3.8) is 0 Å². The van der Waals surface area contributed by atoms with E-state index in [0.29, 0.717) is 6.54 Å². The zero-order valence-corrected chi connectivity index (χ0v) is 18.2. The number of hydrogen-bond acceptors (Lipinski definition) is 3. The lowest BCUT2D eigenvalue weighted by molar-refractivity contribution is -0.119. The van der Waals surface area contributed by atoms with E-state index < -0.39 is 16.4 Å². The summed E-state index contributed by atoms with van der Waals surface area (Å²) in [7, 11) is -3.72. The SMILES string of the molecule is CCC(C)(O[Si](C)(C)C(C)(CC)CNC(C)=O)[Si](C)(C)CN. The molecule has 0 saturated heterocycles. The molecule has 0 aliphatic carbocycles. The maximum atomic E-state index is 11.3. The minimum absolute atomic E-state index is 0.00811. The molecule has 0 bridgehead atoms. The smallest absolute Gasteiger partial charge is 0.216 e. The Hall–Kier alpha value is -0.176. The lowest BCUT2D eigenvalue weighted by Gasteiger charge is -2.51. The average Bonchev–Trinajstić information content (AvgIpc) is 2.43. The van der Waals surface area contributed by atoms with Gasteiger partial charge in [0.15, 0.2) is 8.32 Å². The van der Waals surface area contributed by atoms with Crippen LogP contribution in [0.2, 0.25) is 31.2 Å². The van der Waals surface area contributed by atoms with Gasteiger partial charge in [0, 0.05) is 23.7 Å². The van der Waals surface area contributed by atoms with Crippen LogP contribution in [0.15, 0.2) is 0 Å². The van der Waals surface area contributed by atoms with Crippen LogP contribution in [0.1, 0.15) is 47.5 Å². The molecule has 0 aliphatic rings. The normalized spacial score (nSPS) is 18.5. The Morgan fingerprint density at radius 2 is 1.64 bits per heavy atom. The van der Waals surface area contributed by atoms with Gasteiger partial charge in [-0.3, -0.25) is 4.79 Å². The summed E-state index contributed by atoms with van der Waals surface area (Å²) >= 11 is 0. The molecule has 0 fully saturated rings. The van der Waals surface area contributed by atoms with Crippen molar-refractivity contribution >= 4 is 22.3 Å². The molecule has 0 rings (SSSR count). The highest BCUT2D eigenvalue weighted by atomic mass is 28.4. The molecule has 132 valence electrons. The summed E-state index contributed by atoms with van der Waals surface area (Å²) in [6, 6.07) is 0. The molecule has 3 N–H and O–H groups in total. The van der Waals surface area contributed by atoms with Gasteiger partial charge in [-0.2, -0.15) is 0 Å². The van der Waals surface area contributed by atoms with Gasteiger partial charge in [0.2, 0.25) is 5.91 Å². The Bertz CT molecular complexity index is 388. The van der Waals surface area contributed by atoms with Crippen molar-refractivity contribution in [1.82, 2.24) is 5.32 Å². The Kier molecular flexibility index (Phi) is 7.53. The van der Waals surface area contributed by atoms with Crippen LogP contribution in [0.3, 0.4) is 0 Å². The predicted octanol–water partition coefficient (Wildman–Crippen LogP) is 3.43. The highest BCUT2D eigenvalue weighted by Gasteiger charge is 2.51. The summed E-state index contributed by atoms with van der Waals surface area (Å²) in [4.78, 5) is 11.3. The largest absolute Gasteiger partial charge is 0.414 e. The molecule has 0 heterocycles. The summed E-state index contributed by atoms with van der Waals surface area (Å²) in [5.41, 5.74) is 6.07. The first kappa shape index (κ1) is 21.8. The van der Waals surface area contributed by atoms with E-state index in [1.165, 1.54) is 0 Å². The topological polar surface area (TPSA) is 64.3 Å². The number of hydrogen-bond donors (Lipinski definition) is 2. The minimum Gasteiger partial charge on any atom is -0.414 e. The monoisotopic (exact) mass is 346 g/mol. The van der Waals surface area contributed by atoms with Crippen LogP contribution in [-0.4, -0.2) is 40.2 Å². The summed E-state index contributed by atoms with van der Waals surface area (Å²) in [6.45, 7) is 20.4. The third-order valence-corrected chi connectivity index (χ3v) is 15.0. The van der Waals surface area contributed by atoms with Crippen LogP contribution in [0.4, 0.5) is 0 Å². The van der Waals surface area contributed by atoms with Crippen molar-refractivity contribution in [3.8, 4) is 0 Å². The number of carbonyl (C=O) groups excluding carboxylic acids is 1. The van der Waals surface area contributed by atoms with E-state index in [-0.39, 0.29) is 16.2 Å². The van der Waals surface area contributed by atoms with Gasteiger partial charge >= 0.3 is 0 Å². The fourth-order valence-corrected chi connectivity index (χ4v) is 8.82. The highest BCUT2D eigenvalue weighted by molar-refractivity contribution is 6.82. The number of carbonyl (C=O) groups is 1. The van der Waals surface area contributed by atoms with E-state index in [2.05, 4.69) is 59.2 Å². The molecule has 0 aliphatic heterocycles. The third kappa shape index (κ3) is 4.66. The first-order valence-electron chi connectivity index (χ1n) is 8.45. The molecular weight excluding hydrogens is 308 g/mol. The second-order valence-electron chi connectivity index (χ2n) is 8.11. The minimum atomic E-state index is -2.04. The van der Waals surface area contributed by atoms with Crippen LogP contribution in [0.5, 0.6) is 0 Å². The molecule has 6 heteroatoms. The number of amides is 1. The molecule has 0 aromatic carbocycles. The summed E-state index contributed by atoms with van der Waals surface area (Å²) in [5, 5.41) is 2.89. The summed E-state index contributed by atoms with van der Waals surface area (Å²) in [5.74, 6) is 0.0272. The Balaban J connectivity index is 5.46. The average molecular weight is 347 g/mol. The molecular formula is C16H38N2O2Si2. The van der Waals surface area contributed by atoms with E-state index >= 15 is 0 Å². The number of nitrogens with one attached hydrogen (secondary N) is 1.